The fraction of sp³-hybridized carbons (Fsp3) is 0.643. The predicted molar refractivity (Wildman–Crippen MR) is 80.9 cm³/mol. The number of nitrogens with one attached hydrogen (secondary N) is 1. The van der Waals surface area contributed by atoms with Gasteiger partial charge in [-0.3, -0.25) is 0 Å². The molecule has 0 amide bonds. The molecule has 1 aliphatic rings. The van der Waals surface area contributed by atoms with Crippen LogP contribution in [0.5, 0.6) is 0 Å². The third-order valence-electron chi connectivity index (χ3n) is 3.77. The summed E-state index contributed by atoms with van der Waals surface area (Å²) in [5, 5.41) is 4.05. The van der Waals surface area contributed by atoms with Gasteiger partial charge in [0.25, 0.3) is 0 Å². The zero-order valence-corrected chi connectivity index (χ0v) is 12.7. The lowest BCUT2D eigenvalue weighted by Gasteiger charge is -2.38. The topological polar surface area (TPSA) is 31.4 Å². The molecule has 1 unspecified atom stereocenters. The summed E-state index contributed by atoms with van der Waals surface area (Å²) in [5.41, 5.74) is 1.13. The lowest BCUT2D eigenvalue weighted by molar-refractivity contribution is 0.233. The zero-order valence-electron chi connectivity index (χ0n) is 12.0. The van der Waals surface area contributed by atoms with Gasteiger partial charge >= 0.3 is 0 Å². The van der Waals surface area contributed by atoms with Gasteiger partial charge in [0.05, 0.1) is 5.02 Å². The summed E-state index contributed by atoms with van der Waals surface area (Å²) >= 11 is 6.19. The Labute approximate surface area is 120 Å². The zero-order chi connectivity index (χ0) is 13.8. The molecule has 1 atom stereocenters. The molecule has 1 saturated heterocycles. The van der Waals surface area contributed by atoms with Crippen LogP contribution in [0.2, 0.25) is 5.02 Å². The van der Waals surface area contributed by atoms with Gasteiger partial charge < -0.3 is 15.1 Å². The molecule has 1 aromatic heterocycles. The first kappa shape index (κ1) is 14.6. The normalized spacial score (nSPS) is 20.8. The van der Waals surface area contributed by atoms with Gasteiger partial charge in [-0.25, -0.2) is 4.98 Å². The Kier molecular flexibility index (Phi) is 5.02. The van der Waals surface area contributed by atoms with Crippen LogP contribution in [0.1, 0.15) is 19.4 Å². The molecule has 2 rings (SSSR count). The first-order valence-corrected chi connectivity index (χ1v) is 7.30. The van der Waals surface area contributed by atoms with Gasteiger partial charge in [0.15, 0.2) is 0 Å². The maximum absolute atomic E-state index is 6.19. The Bertz CT molecular complexity index is 424. The molecule has 0 saturated carbocycles. The number of hydrogen-bond donors (Lipinski definition) is 1. The van der Waals surface area contributed by atoms with Crippen molar-refractivity contribution in [3.05, 3.63) is 22.8 Å². The number of anilines is 1. The number of likely N-dealkylation sites (N-methyl/N-ethyl adjacent to an activating group) is 1. The highest BCUT2D eigenvalue weighted by molar-refractivity contribution is 6.31. The van der Waals surface area contributed by atoms with Gasteiger partial charge in [0.2, 0.25) is 0 Å². The average Bonchev–Trinajstić information content (AvgIpc) is 2.41. The van der Waals surface area contributed by atoms with E-state index in [9.17, 15) is 0 Å². The number of hydrogen-bond acceptors (Lipinski definition) is 4. The Morgan fingerprint density at radius 2 is 2.26 bits per heavy atom. The largest absolute Gasteiger partial charge is 0.354 e. The molecular weight excluding hydrogens is 260 g/mol. The maximum Gasteiger partial charge on any atom is 0.129 e. The molecule has 0 aromatic carbocycles. The standard InChI is InChI=1S/C14H23ClN4/c1-4-16-8-12-7-14(17-9-13(12)15)19-6-5-18(3)11(2)10-19/h7,9,11,16H,4-6,8,10H2,1-3H3. The van der Waals surface area contributed by atoms with E-state index in [4.69, 9.17) is 11.6 Å². The Morgan fingerprint density at radius 1 is 1.47 bits per heavy atom. The SMILES string of the molecule is CCNCc1cc(N2CCN(C)C(C)C2)ncc1Cl. The highest BCUT2D eigenvalue weighted by Gasteiger charge is 2.21. The van der Waals surface area contributed by atoms with E-state index >= 15 is 0 Å². The second kappa shape index (κ2) is 6.55. The van der Waals surface area contributed by atoms with E-state index in [2.05, 4.69) is 47.1 Å². The van der Waals surface area contributed by atoms with E-state index in [1.807, 2.05) is 0 Å². The van der Waals surface area contributed by atoms with Crippen LogP contribution in [-0.2, 0) is 6.54 Å². The van der Waals surface area contributed by atoms with E-state index in [-0.39, 0.29) is 0 Å². The number of halogens is 1. The minimum atomic E-state index is 0.559. The molecule has 0 aliphatic carbocycles. The molecule has 2 heterocycles. The molecule has 1 N–H and O–H groups in total. The van der Waals surface area contributed by atoms with Crippen LogP contribution < -0.4 is 10.2 Å². The minimum absolute atomic E-state index is 0.559. The van der Waals surface area contributed by atoms with Crippen molar-refractivity contribution >= 4 is 17.4 Å². The number of aromatic nitrogens is 1. The van der Waals surface area contributed by atoms with Crippen LogP contribution in [0.4, 0.5) is 5.82 Å². The van der Waals surface area contributed by atoms with Gasteiger partial charge in [0, 0.05) is 38.4 Å². The molecule has 5 heteroatoms. The smallest absolute Gasteiger partial charge is 0.129 e. The van der Waals surface area contributed by atoms with Gasteiger partial charge in [-0.1, -0.05) is 18.5 Å². The number of nitrogens with zero attached hydrogens (tertiary/aromatic N) is 3. The highest BCUT2D eigenvalue weighted by atomic mass is 35.5. The number of pyridine rings is 1. The third-order valence-corrected chi connectivity index (χ3v) is 4.11. The molecule has 0 bridgehead atoms. The van der Waals surface area contributed by atoms with E-state index in [0.717, 1.165) is 49.1 Å². The van der Waals surface area contributed by atoms with Crippen LogP contribution in [0.25, 0.3) is 0 Å². The maximum atomic E-state index is 6.19. The quantitative estimate of drug-likeness (QED) is 0.915. The van der Waals surface area contributed by atoms with Crippen molar-refractivity contribution in [3.63, 3.8) is 0 Å². The molecule has 4 nitrogen and oxygen atoms in total. The Balaban J connectivity index is 2.11. The van der Waals surface area contributed by atoms with E-state index in [0.29, 0.717) is 6.04 Å². The summed E-state index contributed by atoms with van der Waals surface area (Å²) in [7, 11) is 2.17. The molecule has 0 spiro atoms. The van der Waals surface area contributed by atoms with Crippen LogP contribution in [0.15, 0.2) is 12.3 Å². The molecule has 19 heavy (non-hydrogen) atoms. The predicted octanol–water partition coefficient (Wildman–Crippen LogP) is 1.98. The summed E-state index contributed by atoms with van der Waals surface area (Å²) < 4.78 is 0. The Morgan fingerprint density at radius 3 is 2.95 bits per heavy atom. The van der Waals surface area contributed by atoms with E-state index < -0.39 is 0 Å². The highest BCUT2D eigenvalue weighted by Crippen LogP contribution is 2.22. The second-order valence-corrected chi connectivity index (χ2v) is 5.60. The number of piperazine rings is 1. The van der Waals surface area contributed by atoms with Crippen LogP contribution in [0.3, 0.4) is 0 Å². The van der Waals surface area contributed by atoms with Gasteiger partial charge in [0.1, 0.15) is 5.82 Å². The lowest BCUT2D eigenvalue weighted by atomic mass is 10.2. The average molecular weight is 283 g/mol. The summed E-state index contributed by atoms with van der Waals surface area (Å²) in [6.45, 7) is 9.21. The van der Waals surface area contributed by atoms with Crippen molar-refractivity contribution in [2.24, 2.45) is 0 Å². The van der Waals surface area contributed by atoms with Crippen molar-refractivity contribution in [2.75, 3.05) is 38.1 Å². The van der Waals surface area contributed by atoms with E-state index in [1.54, 1.807) is 6.20 Å². The van der Waals surface area contributed by atoms with Crippen LogP contribution >= 0.6 is 11.6 Å². The van der Waals surface area contributed by atoms with Crippen LogP contribution in [0, 0.1) is 0 Å². The van der Waals surface area contributed by atoms with E-state index in [1.165, 1.54) is 0 Å². The summed E-state index contributed by atoms with van der Waals surface area (Å²) in [6.07, 6.45) is 1.77. The first-order valence-electron chi connectivity index (χ1n) is 6.92. The molecular formula is C14H23ClN4. The van der Waals surface area contributed by atoms with Crippen molar-refractivity contribution in [3.8, 4) is 0 Å². The molecule has 1 aromatic rings. The second-order valence-electron chi connectivity index (χ2n) is 5.19. The first-order chi connectivity index (χ1) is 9.11. The van der Waals surface area contributed by atoms with Crippen molar-refractivity contribution in [1.82, 2.24) is 15.2 Å². The van der Waals surface area contributed by atoms with Gasteiger partial charge in [-0.05, 0) is 32.1 Å². The fourth-order valence-corrected chi connectivity index (χ4v) is 2.46. The lowest BCUT2D eigenvalue weighted by Crippen LogP contribution is -2.50. The van der Waals surface area contributed by atoms with Crippen molar-refractivity contribution in [2.45, 2.75) is 26.4 Å². The summed E-state index contributed by atoms with van der Waals surface area (Å²) in [4.78, 5) is 9.20. The molecule has 0 radical (unpaired) electrons. The monoisotopic (exact) mass is 282 g/mol. The summed E-state index contributed by atoms with van der Waals surface area (Å²) in [5.74, 6) is 1.04. The molecule has 1 aliphatic heterocycles. The van der Waals surface area contributed by atoms with Crippen molar-refractivity contribution < 1.29 is 0 Å². The van der Waals surface area contributed by atoms with Crippen molar-refractivity contribution in [1.29, 1.82) is 0 Å². The van der Waals surface area contributed by atoms with Gasteiger partial charge in [-0.15, -0.1) is 0 Å². The molecule has 106 valence electrons. The third kappa shape index (κ3) is 3.59. The van der Waals surface area contributed by atoms with Gasteiger partial charge in [-0.2, -0.15) is 0 Å². The molecule has 1 fully saturated rings. The fourth-order valence-electron chi connectivity index (χ4n) is 2.29. The van der Waals surface area contributed by atoms with Crippen LogP contribution in [-0.4, -0.2) is 49.2 Å². The summed E-state index contributed by atoms with van der Waals surface area (Å²) in [6, 6.07) is 2.67. The minimum Gasteiger partial charge on any atom is -0.354 e. The number of rotatable bonds is 4. The Hall–Kier alpha value is -0.840.